The first-order chi connectivity index (χ1) is 8.47. The van der Waals surface area contributed by atoms with Gasteiger partial charge in [-0.1, -0.05) is 13.8 Å². The van der Waals surface area contributed by atoms with Crippen molar-refractivity contribution in [1.29, 1.82) is 0 Å². The highest BCUT2D eigenvalue weighted by atomic mass is 79.9. The monoisotopic (exact) mass is 339 g/mol. The lowest BCUT2D eigenvalue weighted by atomic mass is 10.0. The van der Waals surface area contributed by atoms with Crippen LogP contribution in [-0.4, -0.2) is 11.9 Å². The van der Waals surface area contributed by atoms with E-state index in [0.29, 0.717) is 11.8 Å². The number of benzene rings is 1. The molecule has 5 heteroatoms. The molecule has 1 aromatic rings. The fourth-order valence-corrected chi connectivity index (χ4v) is 2.36. The third-order valence-electron chi connectivity index (χ3n) is 2.90. The number of halogens is 4. The van der Waals surface area contributed by atoms with E-state index in [9.17, 15) is 8.78 Å². The topological polar surface area (TPSA) is 12.0 Å². The van der Waals surface area contributed by atoms with Crippen LogP contribution in [0.1, 0.15) is 25.8 Å². The molecule has 102 valence electrons. The van der Waals surface area contributed by atoms with Crippen molar-refractivity contribution in [2.75, 3.05) is 5.88 Å². The highest BCUT2D eigenvalue weighted by molar-refractivity contribution is 9.10. The Morgan fingerprint density at radius 2 is 2.00 bits per heavy atom. The average Bonchev–Trinajstić information content (AvgIpc) is 2.32. The van der Waals surface area contributed by atoms with Gasteiger partial charge in [-0.05, 0) is 40.4 Å². The molecule has 18 heavy (non-hydrogen) atoms. The van der Waals surface area contributed by atoms with E-state index in [4.69, 9.17) is 11.6 Å². The first-order valence-electron chi connectivity index (χ1n) is 5.89. The Bertz CT molecular complexity index is 399. The van der Waals surface area contributed by atoms with E-state index in [1.165, 1.54) is 12.1 Å². The third-order valence-corrected chi connectivity index (χ3v) is 3.74. The van der Waals surface area contributed by atoms with Gasteiger partial charge in [0.1, 0.15) is 11.6 Å². The summed E-state index contributed by atoms with van der Waals surface area (Å²) in [7, 11) is 0. The Balaban J connectivity index is 2.76. The normalized spacial score (nSPS) is 13.1. The summed E-state index contributed by atoms with van der Waals surface area (Å²) in [6.45, 7) is 4.27. The molecule has 0 aliphatic heterocycles. The van der Waals surface area contributed by atoms with Crippen LogP contribution in [0.25, 0.3) is 0 Å². The highest BCUT2D eigenvalue weighted by Gasteiger charge is 2.16. The Morgan fingerprint density at radius 3 is 2.56 bits per heavy atom. The largest absolute Gasteiger partial charge is 0.309 e. The molecule has 0 spiro atoms. The summed E-state index contributed by atoms with van der Waals surface area (Å²) in [5.74, 6) is -0.186. The predicted molar refractivity (Wildman–Crippen MR) is 74.9 cm³/mol. The fraction of sp³-hybridized carbons (Fsp3) is 0.538. The van der Waals surface area contributed by atoms with E-state index in [0.717, 1.165) is 6.42 Å². The van der Waals surface area contributed by atoms with E-state index in [1.807, 2.05) is 0 Å². The molecule has 0 bridgehead atoms. The maximum absolute atomic E-state index is 13.7. The second-order valence-corrected chi connectivity index (χ2v) is 5.76. The van der Waals surface area contributed by atoms with Crippen molar-refractivity contribution in [2.45, 2.75) is 32.9 Å². The van der Waals surface area contributed by atoms with Gasteiger partial charge in [-0.15, -0.1) is 11.6 Å². The van der Waals surface area contributed by atoms with Crippen molar-refractivity contribution in [3.63, 3.8) is 0 Å². The van der Waals surface area contributed by atoms with Crippen LogP contribution >= 0.6 is 27.5 Å². The minimum atomic E-state index is -0.545. The summed E-state index contributed by atoms with van der Waals surface area (Å²) in [5.41, 5.74) is 0.0598. The van der Waals surface area contributed by atoms with Crippen LogP contribution < -0.4 is 5.32 Å². The molecule has 1 N–H and O–H groups in total. The summed E-state index contributed by atoms with van der Waals surface area (Å²) < 4.78 is 27.6. The number of hydrogen-bond donors (Lipinski definition) is 1. The molecule has 0 saturated heterocycles. The second kappa shape index (κ2) is 7.41. The average molecular weight is 341 g/mol. The van der Waals surface area contributed by atoms with Crippen molar-refractivity contribution in [3.8, 4) is 0 Å². The molecule has 0 radical (unpaired) electrons. The molecule has 1 nitrogen and oxygen atoms in total. The SMILES string of the molecule is CC(C)C(CCCl)NCc1c(F)ccc(Br)c1F. The molecule has 1 aromatic carbocycles. The molecule has 0 heterocycles. The van der Waals surface area contributed by atoms with Crippen LogP contribution in [0.3, 0.4) is 0 Å². The van der Waals surface area contributed by atoms with Gasteiger partial charge in [0.2, 0.25) is 0 Å². The molecule has 0 fully saturated rings. The van der Waals surface area contributed by atoms with Gasteiger partial charge < -0.3 is 5.32 Å². The minimum absolute atomic E-state index is 0.0598. The van der Waals surface area contributed by atoms with E-state index >= 15 is 0 Å². The maximum Gasteiger partial charge on any atom is 0.144 e. The van der Waals surface area contributed by atoms with E-state index in [-0.39, 0.29) is 22.6 Å². The molecule has 0 aromatic heterocycles. The van der Waals surface area contributed by atoms with E-state index in [1.54, 1.807) is 0 Å². The number of alkyl halides is 1. The predicted octanol–water partition coefficient (Wildman–Crippen LogP) is 4.47. The Morgan fingerprint density at radius 1 is 1.33 bits per heavy atom. The summed E-state index contributed by atoms with van der Waals surface area (Å²) >= 11 is 8.77. The summed E-state index contributed by atoms with van der Waals surface area (Å²) in [6.07, 6.45) is 0.774. The summed E-state index contributed by atoms with van der Waals surface area (Å²) in [4.78, 5) is 0. The molecule has 0 saturated carbocycles. The molecule has 1 rings (SSSR count). The van der Waals surface area contributed by atoms with Gasteiger partial charge in [0.15, 0.2) is 0 Å². The first kappa shape index (κ1) is 15.9. The van der Waals surface area contributed by atoms with Crippen molar-refractivity contribution < 1.29 is 8.78 Å². The Labute approximate surface area is 120 Å². The van der Waals surface area contributed by atoms with Crippen molar-refractivity contribution in [3.05, 3.63) is 33.8 Å². The van der Waals surface area contributed by atoms with Crippen LogP contribution in [0, 0.1) is 17.6 Å². The van der Waals surface area contributed by atoms with Crippen LogP contribution in [0.5, 0.6) is 0 Å². The summed E-state index contributed by atoms with van der Waals surface area (Å²) in [5, 5.41) is 3.16. The lowest BCUT2D eigenvalue weighted by molar-refractivity contribution is 0.381. The lowest BCUT2D eigenvalue weighted by Crippen LogP contribution is -2.34. The van der Waals surface area contributed by atoms with Gasteiger partial charge in [-0.2, -0.15) is 0 Å². The smallest absolute Gasteiger partial charge is 0.144 e. The van der Waals surface area contributed by atoms with Gasteiger partial charge in [0.05, 0.1) is 4.47 Å². The molecular formula is C13H17BrClF2N. The maximum atomic E-state index is 13.7. The Hall–Kier alpha value is -0.190. The molecule has 1 atom stereocenters. The zero-order valence-electron chi connectivity index (χ0n) is 10.4. The second-order valence-electron chi connectivity index (χ2n) is 4.53. The highest BCUT2D eigenvalue weighted by Crippen LogP contribution is 2.22. The third kappa shape index (κ3) is 4.18. The van der Waals surface area contributed by atoms with E-state index in [2.05, 4.69) is 35.1 Å². The van der Waals surface area contributed by atoms with Crippen LogP contribution in [0.2, 0.25) is 0 Å². The summed E-state index contributed by atoms with van der Waals surface area (Å²) in [6, 6.07) is 2.78. The molecule has 0 amide bonds. The zero-order chi connectivity index (χ0) is 13.7. The van der Waals surface area contributed by atoms with Gasteiger partial charge >= 0.3 is 0 Å². The number of rotatable bonds is 6. The van der Waals surface area contributed by atoms with Crippen LogP contribution in [-0.2, 0) is 6.54 Å². The van der Waals surface area contributed by atoms with Gasteiger partial charge in [0, 0.05) is 24.0 Å². The minimum Gasteiger partial charge on any atom is -0.309 e. The molecule has 0 aliphatic rings. The van der Waals surface area contributed by atoms with E-state index < -0.39 is 11.6 Å². The number of hydrogen-bond acceptors (Lipinski definition) is 1. The zero-order valence-corrected chi connectivity index (χ0v) is 12.8. The van der Waals surface area contributed by atoms with Gasteiger partial charge in [-0.3, -0.25) is 0 Å². The van der Waals surface area contributed by atoms with Crippen molar-refractivity contribution in [2.24, 2.45) is 5.92 Å². The molecule has 0 aliphatic carbocycles. The van der Waals surface area contributed by atoms with Crippen LogP contribution in [0.15, 0.2) is 16.6 Å². The lowest BCUT2D eigenvalue weighted by Gasteiger charge is -2.22. The standard InChI is InChI=1S/C13H17BrClF2N/c1-8(2)12(5-6-15)18-7-9-11(16)4-3-10(14)13(9)17/h3-4,8,12,18H,5-7H2,1-2H3. The Kier molecular flexibility index (Phi) is 6.53. The van der Waals surface area contributed by atoms with Crippen molar-refractivity contribution in [1.82, 2.24) is 5.32 Å². The quantitative estimate of drug-likeness (QED) is 0.595. The van der Waals surface area contributed by atoms with Gasteiger partial charge in [0.25, 0.3) is 0 Å². The molecule has 1 unspecified atom stereocenters. The van der Waals surface area contributed by atoms with Crippen molar-refractivity contribution >= 4 is 27.5 Å². The molecular weight excluding hydrogens is 324 g/mol. The van der Waals surface area contributed by atoms with Gasteiger partial charge in [-0.25, -0.2) is 8.78 Å². The first-order valence-corrected chi connectivity index (χ1v) is 7.21. The fourth-order valence-electron chi connectivity index (χ4n) is 1.75. The van der Waals surface area contributed by atoms with Crippen LogP contribution in [0.4, 0.5) is 8.78 Å². The number of nitrogens with one attached hydrogen (secondary N) is 1.